The van der Waals surface area contributed by atoms with Gasteiger partial charge in [-0.25, -0.2) is 13.2 Å². The zero-order valence-electron chi connectivity index (χ0n) is 13.8. The Hall–Kier alpha value is -2.18. The van der Waals surface area contributed by atoms with Crippen molar-refractivity contribution in [2.75, 3.05) is 13.2 Å². The highest BCUT2D eigenvalue weighted by Crippen LogP contribution is 2.29. The predicted octanol–water partition coefficient (Wildman–Crippen LogP) is 2.03. The zero-order chi connectivity index (χ0) is 19.8. The van der Waals surface area contributed by atoms with Crippen molar-refractivity contribution in [3.8, 4) is 0 Å². The van der Waals surface area contributed by atoms with Crippen LogP contribution in [-0.2, 0) is 30.5 Å². The molecule has 1 aromatic carbocycles. The fourth-order valence-electron chi connectivity index (χ4n) is 2.72. The number of fused-ring (bicyclic) bond motifs is 1. The lowest BCUT2D eigenvalue weighted by Gasteiger charge is -2.28. The minimum absolute atomic E-state index is 0.0236. The molecule has 2 N–H and O–H groups in total. The van der Waals surface area contributed by atoms with Crippen LogP contribution in [0.15, 0.2) is 12.1 Å². The number of alkyl halides is 3. The molecule has 2 heterocycles. The third-order valence-corrected chi connectivity index (χ3v) is 4.01. The summed E-state index contributed by atoms with van der Waals surface area (Å²) in [5.41, 5.74) is 5.72. The second kappa shape index (κ2) is 7.44. The minimum Gasteiger partial charge on any atom is -0.325 e. The van der Waals surface area contributed by atoms with E-state index in [9.17, 15) is 26.3 Å². The molecule has 1 aliphatic rings. The molecule has 2 aromatic rings. The molecule has 27 heavy (non-hydrogen) atoms. The Labute approximate surface area is 149 Å². The van der Waals surface area contributed by atoms with E-state index < -0.39 is 35.5 Å². The van der Waals surface area contributed by atoms with Crippen molar-refractivity contribution in [1.82, 2.24) is 19.8 Å². The SMILES string of the molecule is N[C@@H](CON1CCn2c(nnc2C(F)(F)F)C1)Cc1cc(F)c(F)cc1F. The highest BCUT2D eigenvalue weighted by atomic mass is 19.4. The number of hydrogen-bond acceptors (Lipinski definition) is 5. The molecule has 0 aliphatic carbocycles. The van der Waals surface area contributed by atoms with E-state index >= 15 is 0 Å². The first-order chi connectivity index (χ1) is 12.6. The molecular weight excluding hydrogens is 380 g/mol. The molecule has 0 saturated carbocycles. The van der Waals surface area contributed by atoms with Crippen LogP contribution in [0.1, 0.15) is 17.2 Å². The molecule has 0 bridgehead atoms. The third kappa shape index (κ3) is 4.39. The molecule has 0 fully saturated rings. The van der Waals surface area contributed by atoms with Crippen LogP contribution >= 0.6 is 0 Å². The molecule has 0 amide bonds. The van der Waals surface area contributed by atoms with Gasteiger partial charge in [0, 0.05) is 25.2 Å². The number of halogens is 6. The first kappa shape index (κ1) is 19.6. The van der Waals surface area contributed by atoms with Crippen LogP contribution in [-0.4, -0.2) is 39.0 Å². The second-order valence-electron chi connectivity index (χ2n) is 6.07. The van der Waals surface area contributed by atoms with Crippen LogP contribution in [0.5, 0.6) is 0 Å². The zero-order valence-corrected chi connectivity index (χ0v) is 13.8. The maximum atomic E-state index is 13.6. The Kier molecular flexibility index (Phi) is 5.40. The van der Waals surface area contributed by atoms with Crippen LogP contribution < -0.4 is 5.73 Å². The van der Waals surface area contributed by atoms with Gasteiger partial charge in [0.1, 0.15) is 11.6 Å². The van der Waals surface area contributed by atoms with Gasteiger partial charge < -0.3 is 10.3 Å². The quantitative estimate of drug-likeness (QED) is 0.620. The van der Waals surface area contributed by atoms with E-state index in [2.05, 4.69) is 10.2 Å². The van der Waals surface area contributed by atoms with Crippen molar-refractivity contribution in [3.05, 3.63) is 46.8 Å². The van der Waals surface area contributed by atoms with Gasteiger partial charge in [0.2, 0.25) is 5.82 Å². The smallest absolute Gasteiger partial charge is 0.325 e. The number of benzene rings is 1. The first-order valence-corrected chi connectivity index (χ1v) is 7.91. The Morgan fingerprint density at radius 2 is 1.78 bits per heavy atom. The average molecular weight is 395 g/mol. The summed E-state index contributed by atoms with van der Waals surface area (Å²) in [4.78, 5) is 5.42. The van der Waals surface area contributed by atoms with Crippen molar-refractivity contribution in [3.63, 3.8) is 0 Å². The normalized spacial score (nSPS) is 16.4. The summed E-state index contributed by atoms with van der Waals surface area (Å²) in [7, 11) is 0. The first-order valence-electron chi connectivity index (χ1n) is 7.91. The summed E-state index contributed by atoms with van der Waals surface area (Å²) in [6.07, 6.45) is -4.70. The lowest BCUT2D eigenvalue weighted by molar-refractivity contribution is -0.182. The summed E-state index contributed by atoms with van der Waals surface area (Å²) in [6, 6.07) is 0.426. The minimum atomic E-state index is -4.59. The van der Waals surface area contributed by atoms with Crippen molar-refractivity contribution >= 4 is 0 Å². The molecule has 3 rings (SSSR count). The van der Waals surface area contributed by atoms with Gasteiger partial charge in [-0.05, 0) is 18.1 Å². The number of nitrogens with zero attached hydrogens (tertiary/aromatic N) is 4. The number of aromatic nitrogens is 3. The van der Waals surface area contributed by atoms with Crippen LogP contribution in [0.4, 0.5) is 26.3 Å². The van der Waals surface area contributed by atoms with Gasteiger partial charge in [0.05, 0.1) is 13.2 Å². The fraction of sp³-hybridized carbons (Fsp3) is 0.467. The predicted molar refractivity (Wildman–Crippen MR) is 79.4 cm³/mol. The largest absolute Gasteiger partial charge is 0.451 e. The maximum absolute atomic E-state index is 13.6. The van der Waals surface area contributed by atoms with Gasteiger partial charge in [-0.15, -0.1) is 10.2 Å². The van der Waals surface area contributed by atoms with Crippen molar-refractivity contribution in [2.24, 2.45) is 5.73 Å². The van der Waals surface area contributed by atoms with E-state index in [0.29, 0.717) is 6.07 Å². The number of hydrogen-bond donors (Lipinski definition) is 1. The van der Waals surface area contributed by atoms with E-state index in [-0.39, 0.29) is 44.0 Å². The molecular formula is C15H15F6N5O. The number of rotatable bonds is 5. The Balaban J connectivity index is 1.55. The van der Waals surface area contributed by atoms with E-state index in [4.69, 9.17) is 10.6 Å². The summed E-state index contributed by atoms with van der Waals surface area (Å²) < 4.78 is 79.1. The average Bonchev–Trinajstić information content (AvgIpc) is 3.01. The van der Waals surface area contributed by atoms with Crippen molar-refractivity contribution in [2.45, 2.75) is 31.7 Å². The van der Waals surface area contributed by atoms with Gasteiger partial charge in [0.25, 0.3) is 0 Å². The molecule has 0 saturated heterocycles. The van der Waals surface area contributed by atoms with Gasteiger partial charge in [-0.2, -0.15) is 18.2 Å². The molecule has 1 atom stereocenters. The standard InChI is InChI=1S/C15H15F6N5O/c16-10-5-12(18)11(17)4-8(10)3-9(22)7-27-25-1-2-26-13(6-25)23-24-14(26)15(19,20)21/h4-5,9H,1-3,6-7,22H2/t9-/m1/s1. The van der Waals surface area contributed by atoms with E-state index in [1.165, 1.54) is 5.06 Å². The Bertz CT molecular complexity index is 824. The topological polar surface area (TPSA) is 69.2 Å². The van der Waals surface area contributed by atoms with Gasteiger partial charge in [0.15, 0.2) is 11.6 Å². The van der Waals surface area contributed by atoms with Crippen molar-refractivity contribution in [1.29, 1.82) is 0 Å². The van der Waals surface area contributed by atoms with Gasteiger partial charge in [-0.1, -0.05) is 0 Å². The van der Waals surface area contributed by atoms with Gasteiger partial charge >= 0.3 is 6.18 Å². The van der Waals surface area contributed by atoms with Crippen LogP contribution in [0.3, 0.4) is 0 Å². The lowest BCUT2D eigenvalue weighted by Crippen LogP contribution is -2.39. The third-order valence-electron chi connectivity index (χ3n) is 4.01. The number of hydroxylamine groups is 2. The van der Waals surface area contributed by atoms with Crippen LogP contribution in [0, 0.1) is 17.5 Å². The lowest BCUT2D eigenvalue weighted by atomic mass is 10.1. The maximum Gasteiger partial charge on any atom is 0.451 e. The van der Waals surface area contributed by atoms with Gasteiger partial charge in [-0.3, -0.25) is 4.84 Å². The summed E-state index contributed by atoms with van der Waals surface area (Å²) in [5, 5.41) is 8.03. The monoisotopic (exact) mass is 395 g/mol. The molecule has 1 aromatic heterocycles. The van der Waals surface area contributed by atoms with E-state index in [0.717, 1.165) is 10.6 Å². The second-order valence-corrected chi connectivity index (χ2v) is 6.07. The molecule has 12 heteroatoms. The summed E-state index contributed by atoms with van der Waals surface area (Å²) >= 11 is 0. The number of nitrogens with two attached hydrogens (primary N) is 1. The Morgan fingerprint density at radius 1 is 1.07 bits per heavy atom. The van der Waals surface area contributed by atoms with E-state index in [1.54, 1.807) is 0 Å². The van der Waals surface area contributed by atoms with Crippen molar-refractivity contribution < 1.29 is 31.2 Å². The summed E-state index contributed by atoms with van der Waals surface area (Å²) in [6.45, 7) is -0.0152. The highest BCUT2D eigenvalue weighted by molar-refractivity contribution is 5.21. The van der Waals surface area contributed by atoms with Crippen LogP contribution in [0.2, 0.25) is 0 Å². The van der Waals surface area contributed by atoms with E-state index in [1.807, 2.05) is 0 Å². The summed E-state index contributed by atoms with van der Waals surface area (Å²) in [5.74, 6) is -4.38. The molecule has 0 radical (unpaired) electrons. The van der Waals surface area contributed by atoms with Crippen LogP contribution in [0.25, 0.3) is 0 Å². The molecule has 6 nitrogen and oxygen atoms in total. The molecule has 0 spiro atoms. The molecule has 1 aliphatic heterocycles. The fourth-order valence-corrected chi connectivity index (χ4v) is 2.72. The molecule has 148 valence electrons. The molecule has 0 unspecified atom stereocenters. The Morgan fingerprint density at radius 3 is 2.48 bits per heavy atom. The highest BCUT2D eigenvalue weighted by Gasteiger charge is 2.39.